The quantitative estimate of drug-likeness (QED) is 0.278. The van der Waals surface area contributed by atoms with Gasteiger partial charge in [0.05, 0.1) is 16.6 Å². The Hall–Kier alpha value is -4.26. The number of hydrogen-bond acceptors (Lipinski definition) is 8. The molecule has 0 spiro atoms. The summed E-state index contributed by atoms with van der Waals surface area (Å²) in [5.41, 5.74) is 14.1. The molecule has 1 fully saturated rings. The Balaban J connectivity index is 1.47. The molecule has 1 aliphatic heterocycles. The number of carbonyl (C=O) groups is 3. The molecule has 1 heterocycles. The molecule has 44 heavy (non-hydrogen) atoms. The molecule has 1 atom stereocenters. The van der Waals surface area contributed by atoms with Crippen molar-refractivity contribution in [3.05, 3.63) is 95.6 Å². The number of sulfone groups is 1. The van der Waals surface area contributed by atoms with E-state index in [-0.39, 0.29) is 68.9 Å². The van der Waals surface area contributed by atoms with E-state index in [0.717, 1.165) is 16.7 Å². The lowest BCUT2D eigenvalue weighted by molar-refractivity contribution is -0.136. The Labute approximate surface area is 258 Å². The number of hydrogen-bond donors (Lipinski definition) is 3. The first-order chi connectivity index (χ1) is 21.2. The molecular formula is C32H39N5O6S. The minimum absolute atomic E-state index is 0.00235. The van der Waals surface area contributed by atoms with Gasteiger partial charge in [-0.25, -0.2) is 13.2 Å². The number of nitrogens with two attached hydrogens (primary N) is 2. The van der Waals surface area contributed by atoms with Crippen molar-refractivity contribution >= 4 is 33.4 Å². The van der Waals surface area contributed by atoms with Crippen LogP contribution in [0.5, 0.6) is 0 Å². The Morgan fingerprint density at radius 2 is 1.48 bits per heavy atom. The van der Waals surface area contributed by atoms with Crippen LogP contribution in [0.15, 0.2) is 83.8 Å². The number of rotatable bonds is 12. The van der Waals surface area contributed by atoms with Gasteiger partial charge in [0, 0.05) is 51.4 Å². The van der Waals surface area contributed by atoms with E-state index >= 15 is 0 Å². The molecule has 3 aromatic carbocycles. The minimum Gasteiger partial charge on any atom is -0.445 e. The van der Waals surface area contributed by atoms with Gasteiger partial charge >= 0.3 is 6.09 Å². The predicted molar refractivity (Wildman–Crippen MR) is 167 cm³/mol. The fourth-order valence-corrected chi connectivity index (χ4v) is 6.62. The zero-order valence-electron chi connectivity index (χ0n) is 24.6. The second-order valence-electron chi connectivity index (χ2n) is 10.7. The summed E-state index contributed by atoms with van der Waals surface area (Å²) in [6.45, 7) is 1.68. The summed E-state index contributed by atoms with van der Waals surface area (Å²) >= 11 is 0. The number of carbonyl (C=O) groups excluding carboxylic acids is 3. The number of nitrogens with one attached hydrogen (secondary N) is 1. The molecule has 0 saturated carbocycles. The van der Waals surface area contributed by atoms with Crippen LogP contribution in [0.25, 0.3) is 0 Å². The first-order valence-corrected chi connectivity index (χ1v) is 16.2. The van der Waals surface area contributed by atoms with E-state index in [1.165, 1.54) is 12.1 Å². The average molecular weight is 622 g/mol. The van der Waals surface area contributed by atoms with Crippen LogP contribution in [-0.4, -0.2) is 74.6 Å². The topological polar surface area (TPSA) is 165 Å². The molecule has 0 aliphatic carbocycles. The van der Waals surface area contributed by atoms with Crippen molar-refractivity contribution in [2.45, 2.75) is 30.9 Å². The fourth-order valence-electron chi connectivity index (χ4n) is 5.05. The van der Waals surface area contributed by atoms with Crippen molar-refractivity contribution in [1.82, 2.24) is 9.80 Å². The molecule has 234 valence electrons. The minimum atomic E-state index is -3.94. The third-order valence-corrected chi connectivity index (χ3v) is 9.20. The van der Waals surface area contributed by atoms with Crippen molar-refractivity contribution in [1.29, 1.82) is 0 Å². The van der Waals surface area contributed by atoms with Gasteiger partial charge < -0.3 is 31.3 Å². The van der Waals surface area contributed by atoms with E-state index < -0.39 is 27.6 Å². The van der Waals surface area contributed by atoms with Crippen molar-refractivity contribution in [3.8, 4) is 0 Å². The number of amides is 3. The highest BCUT2D eigenvalue weighted by Gasteiger charge is 2.33. The molecule has 0 aromatic heterocycles. The molecule has 12 heteroatoms. The average Bonchev–Trinajstić information content (AvgIpc) is 3.04. The molecule has 5 N–H and O–H groups in total. The van der Waals surface area contributed by atoms with Gasteiger partial charge in [-0.3, -0.25) is 9.59 Å². The first-order valence-electron chi connectivity index (χ1n) is 14.5. The Morgan fingerprint density at radius 1 is 0.818 bits per heavy atom. The van der Waals surface area contributed by atoms with Crippen LogP contribution < -0.4 is 16.8 Å². The Bertz CT molecular complexity index is 1540. The van der Waals surface area contributed by atoms with Gasteiger partial charge in [-0.05, 0) is 41.3 Å². The molecule has 0 radical (unpaired) electrons. The fraction of sp³-hybridized carbons (Fsp3) is 0.344. The highest BCUT2D eigenvalue weighted by molar-refractivity contribution is 7.91. The second-order valence-corrected chi connectivity index (χ2v) is 12.7. The van der Waals surface area contributed by atoms with Crippen LogP contribution in [0.4, 0.5) is 10.5 Å². The summed E-state index contributed by atoms with van der Waals surface area (Å²) in [6.07, 6.45) is -0.164. The monoisotopic (exact) mass is 621 g/mol. The lowest BCUT2D eigenvalue weighted by Crippen LogP contribution is -2.52. The summed E-state index contributed by atoms with van der Waals surface area (Å²) in [5.74, 6) is -1.95. The lowest BCUT2D eigenvalue weighted by atomic mass is 9.97. The van der Waals surface area contributed by atoms with Crippen molar-refractivity contribution in [3.63, 3.8) is 0 Å². The summed E-state index contributed by atoms with van der Waals surface area (Å²) in [7, 11) is -3.94. The summed E-state index contributed by atoms with van der Waals surface area (Å²) in [5, 5.41) is 2.65. The maximum Gasteiger partial charge on any atom is 0.410 e. The zero-order chi connectivity index (χ0) is 31.5. The smallest absolute Gasteiger partial charge is 0.410 e. The number of benzene rings is 3. The van der Waals surface area contributed by atoms with E-state index in [1.54, 1.807) is 21.9 Å². The third kappa shape index (κ3) is 9.12. The Kier molecular flexibility index (Phi) is 11.5. The Morgan fingerprint density at radius 3 is 2.18 bits per heavy atom. The molecule has 3 aromatic rings. The van der Waals surface area contributed by atoms with Crippen molar-refractivity contribution < 1.29 is 27.5 Å². The lowest BCUT2D eigenvalue weighted by Gasteiger charge is -2.36. The largest absolute Gasteiger partial charge is 0.445 e. The van der Waals surface area contributed by atoms with Crippen LogP contribution >= 0.6 is 0 Å². The SMILES string of the molecule is NCCC(=O)Nc1cccc(S(=O)(=O)C[C@@H](Cc2cccc(CN)c2)C(=O)N2CCN(C(=O)OCc3ccccc3)CC2)c1. The second kappa shape index (κ2) is 15.5. The highest BCUT2D eigenvalue weighted by atomic mass is 32.2. The number of nitrogens with zero attached hydrogens (tertiary/aromatic N) is 2. The highest BCUT2D eigenvalue weighted by Crippen LogP contribution is 2.23. The van der Waals surface area contributed by atoms with E-state index in [9.17, 15) is 22.8 Å². The van der Waals surface area contributed by atoms with E-state index in [0.29, 0.717) is 12.2 Å². The molecule has 1 aliphatic rings. The van der Waals surface area contributed by atoms with Gasteiger partial charge in [0.2, 0.25) is 11.8 Å². The molecular weight excluding hydrogens is 582 g/mol. The van der Waals surface area contributed by atoms with Gasteiger partial charge in [-0.2, -0.15) is 0 Å². The molecule has 1 saturated heterocycles. The van der Waals surface area contributed by atoms with E-state index in [1.807, 2.05) is 54.6 Å². The van der Waals surface area contributed by atoms with Gasteiger partial charge in [-0.1, -0.05) is 60.7 Å². The van der Waals surface area contributed by atoms with Crippen molar-refractivity contribution in [2.75, 3.05) is 43.8 Å². The van der Waals surface area contributed by atoms with E-state index in [2.05, 4.69) is 5.32 Å². The third-order valence-electron chi connectivity index (χ3n) is 7.38. The standard InChI is InChI=1S/C32H39N5O6S/c33-13-12-30(38)35-28-10-5-11-29(20-28)44(41,42)23-27(19-25-8-4-9-26(18-25)21-34)31(39)36-14-16-37(17-15-36)32(40)43-22-24-6-2-1-3-7-24/h1-11,18,20,27H,12-17,19,21-23,33-34H2,(H,35,38)/t27-/m1/s1. The summed E-state index contributed by atoms with van der Waals surface area (Å²) < 4.78 is 32.7. The maximum absolute atomic E-state index is 13.9. The number of anilines is 1. The molecule has 0 bridgehead atoms. The normalized spacial score (nSPS) is 14.1. The molecule has 11 nitrogen and oxygen atoms in total. The molecule has 3 amide bonds. The molecule has 0 unspecified atom stereocenters. The first kappa shape index (κ1) is 32.6. The number of ether oxygens (including phenoxy) is 1. The summed E-state index contributed by atoms with van der Waals surface area (Å²) in [4.78, 5) is 41.7. The number of piperazine rings is 1. The van der Waals surface area contributed by atoms with Crippen LogP contribution in [-0.2, 0) is 43.7 Å². The maximum atomic E-state index is 13.9. The van der Waals surface area contributed by atoms with Crippen LogP contribution in [0.2, 0.25) is 0 Å². The van der Waals surface area contributed by atoms with Gasteiger partial charge in [0.1, 0.15) is 6.61 Å². The summed E-state index contributed by atoms with van der Waals surface area (Å²) in [6, 6.07) is 22.8. The van der Waals surface area contributed by atoms with Gasteiger partial charge in [-0.15, -0.1) is 0 Å². The van der Waals surface area contributed by atoms with Crippen LogP contribution in [0.1, 0.15) is 23.1 Å². The zero-order valence-corrected chi connectivity index (χ0v) is 25.4. The van der Waals surface area contributed by atoms with Gasteiger partial charge in [0.25, 0.3) is 0 Å². The van der Waals surface area contributed by atoms with Crippen LogP contribution in [0.3, 0.4) is 0 Å². The van der Waals surface area contributed by atoms with E-state index in [4.69, 9.17) is 16.2 Å². The van der Waals surface area contributed by atoms with Crippen LogP contribution in [0, 0.1) is 5.92 Å². The molecule has 4 rings (SSSR count). The van der Waals surface area contributed by atoms with Gasteiger partial charge in [0.15, 0.2) is 9.84 Å². The predicted octanol–water partition coefficient (Wildman–Crippen LogP) is 2.55. The van der Waals surface area contributed by atoms with Crippen molar-refractivity contribution in [2.24, 2.45) is 17.4 Å².